The summed E-state index contributed by atoms with van der Waals surface area (Å²) in [5, 5.41) is 0. The molecule has 0 aliphatic heterocycles. The van der Waals surface area contributed by atoms with E-state index in [2.05, 4.69) is 72.8 Å². The van der Waals surface area contributed by atoms with E-state index in [0.29, 0.717) is 0 Å². The van der Waals surface area contributed by atoms with Crippen LogP contribution in [0.5, 0.6) is 0 Å². The molecule has 0 saturated heterocycles. The minimum Gasteiger partial charge on any atom is -0.469 e. The molecule has 0 aromatic rings. The standard InChI is InChI=1S/C8H16.C6H16OSi.C5H10O2.2C4H10.C3H8/c1-2-4-6-8-7-5-3-1;1-5-6-7-8(2,3)4;1-4(2)5(6)7-3;2*1-3-4-2;1-3-2/h1-8H2;5-6H2,1-4H3;4H,1-3H3;2*3-4H2,1-2H3;3H2,1-2H3. The van der Waals surface area contributed by atoms with E-state index in [9.17, 15) is 4.79 Å². The average molecular weight is 507 g/mol. The predicted octanol–water partition coefficient (Wildman–Crippen LogP) is 11.2. The van der Waals surface area contributed by atoms with Gasteiger partial charge in [0, 0.05) is 6.61 Å². The van der Waals surface area contributed by atoms with E-state index in [1.807, 2.05) is 0 Å². The second-order valence-electron chi connectivity index (χ2n) is 10.2. The van der Waals surface area contributed by atoms with Crippen molar-refractivity contribution in [1.82, 2.24) is 0 Å². The Balaban J connectivity index is -0.000000103. The van der Waals surface area contributed by atoms with Gasteiger partial charge in [-0.3, -0.25) is 4.79 Å². The van der Waals surface area contributed by atoms with Crippen LogP contribution < -0.4 is 0 Å². The molecule has 0 aromatic heterocycles. The number of hydrogen-bond donors (Lipinski definition) is 0. The zero-order valence-corrected chi connectivity index (χ0v) is 27.4. The second kappa shape index (κ2) is 39.8. The number of hydrogen-bond acceptors (Lipinski definition) is 3. The van der Waals surface area contributed by atoms with Crippen molar-refractivity contribution < 1.29 is 14.0 Å². The Morgan fingerprint density at radius 1 is 0.647 bits per heavy atom. The van der Waals surface area contributed by atoms with E-state index in [0.717, 1.165) is 13.0 Å². The van der Waals surface area contributed by atoms with Crippen LogP contribution in [0.3, 0.4) is 0 Å². The van der Waals surface area contributed by atoms with Crippen LogP contribution in [0.25, 0.3) is 0 Å². The van der Waals surface area contributed by atoms with Crippen LogP contribution in [-0.4, -0.2) is 28.0 Å². The number of rotatable bonds is 6. The van der Waals surface area contributed by atoms with Gasteiger partial charge in [-0.1, -0.05) is 146 Å². The van der Waals surface area contributed by atoms with Gasteiger partial charge in [-0.05, 0) is 26.1 Å². The first-order valence-electron chi connectivity index (χ1n) is 14.7. The number of unbranched alkanes of at least 4 members (excludes halogenated alkanes) is 2. The van der Waals surface area contributed by atoms with Crippen LogP contribution in [0.15, 0.2) is 0 Å². The smallest absolute Gasteiger partial charge is 0.308 e. The Morgan fingerprint density at radius 2 is 0.912 bits per heavy atom. The fourth-order valence-corrected chi connectivity index (χ4v) is 2.87. The maximum atomic E-state index is 10.3. The summed E-state index contributed by atoms with van der Waals surface area (Å²) in [6, 6.07) is 0. The van der Waals surface area contributed by atoms with Gasteiger partial charge in [0.1, 0.15) is 0 Å². The first-order chi connectivity index (χ1) is 16.0. The van der Waals surface area contributed by atoms with Gasteiger partial charge < -0.3 is 9.16 Å². The SMILES string of the molecule is C1CCCCCCC1.CCC.CCCC.CCCC.CCCO[Si](C)(C)C.COC(=O)C(C)C. The van der Waals surface area contributed by atoms with Gasteiger partial charge in [0.15, 0.2) is 8.32 Å². The molecule has 1 aliphatic rings. The van der Waals surface area contributed by atoms with E-state index in [1.54, 1.807) is 13.8 Å². The molecular weight excluding hydrogens is 436 g/mol. The van der Waals surface area contributed by atoms with Crippen LogP contribution >= 0.6 is 0 Å². The van der Waals surface area contributed by atoms with Gasteiger partial charge in [-0.2, -0.15) is 0 Å². The summed E-state index contributed by atoms with van der Waals surface area (Å²) in [6.07, 6.45) is 19.7. The average Bonchev–Trinajstić information content (AvgIpc) is 2.77. The molecule has 3 nitrogen and oxygen atoms in total. The lowest BCUT2D eigenvalue weighted by Crippen LogP contribution is -2.25. The Hall–Kier alpha value is -0.353. The lowest BCUT2D eigenvalue weighted by molar-refractivity contribution is -0.144. The molecule has 0 spiro atoms. The molecule has 4 heteroatoms. The summed E-state index contributed by atoms with van der Waals surface area (Å²) in [4.78, 5) is 10.3. The molecule has 0 aromatic carbocycles. The molecule has 0 radical (unpaired) electrons. The predicted molar refractivity (Wildman–Crippen MR) is 161 cm³/mol. The van der Waals surface area contributed by atoms with E-state index in [1.165, 1.54) is 90.6 Å². The zero-order valence-electron chi connectivity index (χ0n) is 26.4. The van der Waals surface area contributed by atoms with Crippen LogP contribution in [-0.2, 0) is 14.0 Å². The molecule has 1 saturated carbocycles. The molecule has 34 heavy (non-hydrogen) atoms. The van der Waals surface area contributed by atoms with Crippen LogP contribution in [0.1, 0.15) is 152 Å². The number of carbonyl (C=O) groups excluding carboxylic acids is 1. The van der Waals surface area contributed by atoms with Crippen LogP contribution in [0, 0.1) is 5.92 Å². The lowest BCUT2D eigenvalue weighted by atomic mass is 10.0. The van der Waals surface area contributed by atoms with Gasteiger partial charge >= 0.3 is 5.97 Å². The largest absolute Gasteiger partial charge is 0.469 e. The van der Waals surface area contributed by atoms with Crippen molar-refractivity contribution in [3.05, 3.63) is 0 Å². The zero-order chi connectivity index (χ0) is 27.7. The van der Waals surface area contributed by atoms with Crippen molar-refractivity contribution in [2.45, 2.75) is 172 Å². The number of carbonyl (C=O) groups is 1. The molecule has 0 amide bonds. The van der Waals surface area contributed by atoms with E-state index < -0.39 is 8.32 Å². The monoisotopic (exact) mass is 507 g/mol. The van der Waals surface area contributed by atoms with Gasteiger partial charge in [0.05, 0.1) is 13.0 Å². The molecule has 212 valence electrons. The van der Waals surface area contributed by atoms with Crippen molar-refractivity contribution in [2.75, 3.05) is 13.7 Å². The highest BCUT2D eigenvalue weighted by Crippen LogP contribution is 2.15. The van der Waals surface area contributed by atoms with E-state index >= 15 is 0 Å². The van der Waals surface area contributed by atoms with Crippen LogP contribution in [0.2, 0.25) is 19.6 Å². The molecule has 0 atom stereocenters. The minimum absolute atomic E-state index is 0.00463. The molecule has 0 heterocycles. The first kappa shape index (κ1) is 43.7. The maximum absolute atomic E-state index is 10.3. The molecule has 0 N–H and O–H groups in total. The van der Waals surface area contributed by atoms with Crippen molar-refractivity contribution in [1.29, 1.82) is 0 Å². The summed E-state index contributed by atoms with van der Waals surface area (Å²) in [6.45, 7) is 26.3. The molecule has 1 fully saturated rings. The van der Waals surface area contributed by atoms with Crippen LogP contribution in [0.4, 0.5) is 0 Å². The maximum Gasteiger partial charge on any atom is 0.308 e. The van der Waals surface area contributed by atoms with Crippen molar-refractivity contribution in [2.24, 2.45) is 5.92 Å². The number of ether oxygens (including phenoxy) is 1. The van der Waals surface area contributed by atoms with Crippen molar-refractivity contribution >= 4 is 14.3 Å². The Bertz CT molecular complexity index is 294. The van der Waals surface area contributed by atoms with E-state index in [4.69, 9.17) is 4.43 Å². The Kier molecular flexibility index (Phi) is 51.2. The third-order valence-electron chi connectivity index (χ3n) is 4.41. The third-order valence-corrected chi connectivity index (χ3v) is 5.48. The van der Waals surface area contributed by atoms with Gasteiger partial charge in [-0.15, -0.1) is 0 Å². The van der Waals surface area contributed by atoms with Gasteiger partial charge in [0.25, 0.3) is 0 Å². The normalized spacial score (nSPS) is 12.6. The Morgan fingerprint density at radius 3 is 0.971 bits per heavy atom. The first-order valence-corrected chi connectivity index (χ1v) is 18.1. The topological polar surface area (TPSA) is 35.5 Å². The quantitative estimate of drug-likeness (QED) is 0.265. The highest BCUT2D eigenvalue weighted by molar-refractivity contribution is 6.69. The van der Waals surface area contributed by atoms with Crippen molar-refractivity contribution in [3.63, 3.8) is 0 Å². The summed E-state index contributed by atoms with van der Waals surface area (Å²) < 4.78 is 9.89. The summed E-state index contributed by atoms with van der Waals surface area (Å²) in [5.74, 6) is -0.148. The molecule has 0 bridgehead atoms. The molecule has 1 rings (SSSR count). The summed E-state index contributed by atoms with van der Waals surface area (Å²) in [5.41, 5.74) is 0. The van der Waals surface area contributed by atoms with Crippen molar-refractivity contribution in [3.8, 4) is 0 Å². The third kappa shape index (κ3) is 69.7. The lowest BCUT2D eigenvalue weighted by Gasteiger charge is -2.15. The molecular formula is C30H70O3Si. The summed E-state index contributed by atoms with van der Waals surface area (Å²) in [7, 11) is 0.213. The number of esters is 1. The number of methoxy groups -OCH3 is 1. The second-order valence-corrected chi connectivity index (χ2v) is 14.7. The molecule has 0 unspecified atom stereocenters. The fourth-order valence-electron chi connectivity index (χ4n) is 2.06. The minimum atomic E-state index is -1.18. The highest BCUT2D eigenvalue weighted by atomic mass is 28.4. The fraction of sp³-hybridized carbons (Fsp3) is 0.967. The Labute approximate surface area is 219 Å². The highest BCUT2D eigenvalue weighted by Gasteiger charge is 2.12. The van der Waals surface area contributed by atoms with Gasteiger partial charge in [-0.25, -0.2) is 0 Å². The van der Waals surface area contributed by atoms with E-state index in [-0.39, 0.29) is 11.9 Å². The molecule has 1 aliphatic carbocycles. The summed E-state index contributed by atoms with van der Waals surface area (Å²) >= 11 is 0. The van der Waals surface area contributed by atoms with Gasteiger partial charge in [0.2, 0.25) is 0 Å².